The van der Waals surface area contributed by atoms with E-state index in [4.69, 9.17) is 9.47 Å². The van der Waals surface area contributed by atoms with Gasteiger partial charge in [0.05, 0.1) is 12.6 Å². The van der Waals surface area contributed by atoms with Crippen molar-refractivity contribution in [2.75, 3.05) is 26.2 Å². The monoisotopic (exact) mass is 442 g/mol. The van der Waals surface area contributed by atoms with Crippen molar-refractivity contribution in [3.8, 4) is 16.9 Å². The minimum atomic E-state index is -0.474. The Hall–Kier alpha value is -2.67. The lowest BCUT2D eigenvalue weighted by Crippen LogP contribution is -2.53. The molecule has 7 heteroatoms. The molecular formula is C25H28F2N2O3. The molecule has 2 aromatic carbocycles. The van der Waals surface area contributed by atoms with E-state index >= 15 is 4.39 Å². The number of alkyl carbamates (subject to hydrolysis) is 1. The van der Waals surface area contributed by atoms with Gasteiger partial charge in [0.25, 0.3) is 0 Å². The van der Waals surface area contributed by atoms with Crippen molar-refractivity contribution in [2.45, 2.75) is 38.8 Å². The molecule has 1 N–H and O–H groups in total. The molecule has 0 aromatic heterocycles. The molecule has 3 saturated heterocycles. The number of nitrogens with zero attached hydrogens (tertiary/aromatic N) is 1. The van der Waals surface area contributed by atoms with Gasteiger partial charge in [0.15, 0.2) is 0 Å². The highest BCUT2D eigenvalue weighted by molar-refractivity contribution is 5.70. The zero-order chi connectivity index (χ0) is 22.5. The average Bonchev–Trinajstić information content (AvgIpc) is 2.77. The van der Waals surface area contributed by atoms with Gasteiger partial charge in [-0.1, -0.05) is 26.0 Å². The van der Waals surface area contributed by atoms with Gasteiger partial charge in [-0.2, -0.15) is 0 Å². The van der Waals surface area contributed by atoms with Gasteiger partial charge in [-0.25, -0.2) is 13.6 Å². The van der Waals surface area contributed by atoms with Crippen molar-refractivity contribution >= 4 is 6.09 Å². The number of hydrogen-bond acceptors (Lipinski definition) is 4. The lowest BCUT2D eigenvalue weighted by molar-refractivity contribution is -0.0361. The summed E-state index contributed by atoms with van der Waals surface area (Å²) in [5.41, 5.74) is 1.02. The predicted molar refractivity (Wildman–Crippen MR) is 116 cm³/mol. The maximum absolute atomic E-state index is 15.1. The molecule has 0 radical (unpaired) electrons. The van der Waals surface area contributed by atoms with Gasteiger partial charge < -0.3 is 14.8 Å². The molecule has 0 aliphatic carbocycles. The van der Waals surface area contributed by atoms with Crippen LogP contribution in [-0.4, -0.2) is 43.3 Å². The molecule has 2 aromatic rings. The van der Waals surface area contributed by atoms with E-state index in [1.165, 1.54) is 30.3 Å². The fourth-order valence-electron chi connectivity index (χ4n) is 5.14. The Morgan fingerprint density at radius 3 is 2.53 bits per heavy atom. The van der Waals surface area contributed by atoms with Gasteiger partial charge >= 0.3 is 6.09 Å². The molecule has 3 fully saturated rings. The Bertz CT molecular complexity index is 1020. The number of ether oxygens (including phenoxy) is 2. The Morgan fingerprint density at radius 1 is 1.16 bits per heavy atom. The number of rotatable bonds is 3. The largest absolute Gasteiger partial charge is 0.493 e. The second-order valence-electron chi connectivity index (χ2n) is 9.81. The summed E-state index contributed by atoms with van der Waals surface area (Å²) in [6.07, 6.45) is 1.54. The van der Waals surface area contributed by atoms with Gasteiger partial charge in [-0.3, -0.25) is 4.90 Å². The fraction of sp³-hybridized carbons (Fsp3) is 0.480. The Kier molecular flexibility index (Phi) is 5.32. The van der Waals surface area contributed by atoms with E-state index in [1.54, 1.807) is 6.07 Å². The average molecular weight is 443 g/mol. The molecule has 5 nitrogen and oxygen atoms in total. The zero-order valence-electron chi connectivity index (χ0n) is 18.4. The lowest BCUT2D eigenvalue weighted by Gasteiger charge is -2.44. The first kappa shape index (κ1) is 21.2. The molecule has 2 atom stereocenters. The number of amides is 1. The highest BCUT2D eigenvalue weighted by Crippen LogP contribution is 2.45. The summed E-state index contributed by atoms with van der Waals surface area (Å²) in [6.45, 7) is 7.23. The van der Waals surface area contributed by atoms with Crippen molar-refractivity contribution in [1.82, 2.24) is 10.2 Å². The van der Waals surface area contributed by atoms with Crippen LogP contribution in [0.5, 0.6) is 5.75 Å². The molecule has 4 aliphatic heterocycles. The number of fused-ring (bicyclic) bond motifs is 4. The SMILES string of the molecule is CC1(C)COc2cc(-c3ccc(F)cc3)c(F)cc2C1NC(=O)OC1CN2CCC1CC2. The van der Waals surface area contributed by atoms with E-state index in [2.05, 4.69) is 10.2 Å². The molecule has 6 rings (SSSR count). The quantitative estimate of drug-likeness (QED) is 0.734. The van der Waals surface area contributed by atoms with Crippen LogP contribution >= 0.6 is 0 Å². The van der Waals surface area contributed by atoms with Crippen LogP contribution in [0.1, 0.15) is 38.3 Å². The summed E-state index contributed by atoms with van der Waals surface area (Å²) in [4.78, 5) is 15.2. The molecule has 4 aliphatic rings. The molecule has 1 amide bonds. The molecule has 0 spiro atoms. The fourth-order valence-corrected chi connectivity index (χ4v) is 5.14. The Balaban J connectivity index is 1.38. The van der Waals surface area contributed by atoms with Crippen LogP contribution < -0.4 is 10.1 Å². The number of hydrogen-bond donors (Lipinski definition) is 1. The smallest absolute Gasteiger partial charge is 0.407 e. The maximum atomic E-state index is 15.1. The molecule has 2 unspecified atom stereocenters. The van der Waals surface area contributed by atoms with E-state index in [-0.39, 0.29) is 11.9 Å². The van der Waals surface area contributed by atoms with Crippen molar-refractivity contribution in [1.29, 1.82) is 0 Å². The number of benzene rings is 2. The number of piperidine rings is 3. The summed E-state index contributed by atoms with van der Waals surface area (Å²) >= 11 is 0. The van der Waals surface area contributed by atoms with E-state index in [9.17, 15) is 9.18 Å². The number of carbonyl (C=O) groups excluding carboxylic acids is 1. The van der Waals surface area contributed by atoms with E-state index in [1.807, 2.05) is 13.8 Å². The lowest BCUT2D eigenvalue weighted by atomic mass is 9.78. The van der Waals surface area contributed by atoms with Crippen molar-refractivity contribution in [3.63, 3.8) is 0 Å². The van der Waals surface area contributed by atoms with Gasteiger partial charge in [0.2, 0.25) is 0 Å². The van der Waals surface area contributed by atoms with Crippen LogP contribution in [0.15, 0.2) is 36.4 Å². The molecule has 32 heavy (non-hydrogen) atoms. The van der Waals surface area contributed by atoms with E-state index in [0.29, 0.717) is 35.0 Å². The summed E-state index contributed by atoms with van der Waals surface area (Å²) in [5.74, 6) is 0.0970. The van der Waals surface area contributed by atoms with E-state index < -0.39 is 23.4 Å². The summed E-state index contributed by atoms with van der Waals surface area (Å²) in [7, 11) is 0. The van der Waals surface area contributed by atoms with Crippen LogP contribution in [0.3, 0.4) is 0 Å². The third-order valence-electron chi connectivity index (χ3n) is 7.06. The molecule has 2 bridgehead atoms. The highest BCUT2D eigenvalue weighted by atomic mass is 19.1. The third kappa shape index (κ3) is 3.94. The zero-order valence-corrected chi connectivity index (χ0v) is 18.4. The molecule has 170 valence electrons. The van der Waals surface area contributed by atoms with Gasteiger partial charge in [-0.15, -0.1) is 0 Å². The Labute approximate surface area is 186 Å². The van der Waals surface area contributed by atoms with Gasteiger partial charge in [-0.05, 0) is 61.7 Å². The topological polar surface area (TPSA) is 50.8 Å². The molecule has 0 saturated carbocycles. The summed E-state index contributed by atoms with van der Waals surface area (Å²) in [5, 5.41) is 2.99. The predicted octanol–water partition coefficient (Wildman–Crippen LogP) is 4.91. The number of carbonyl (C=O) groups is 1. The van der Waals surface area contributed by atoms with Crippen LogP contribution in [0, 0.1) is 23.0 Å². The summed E-state index contributed by atoms with van der Waals surface area (Å²) < 4.78 is 40.1. The van der Waals surface area contributed by atoms with Gasteiger partial charge in [0.1, 0.15) is 23.5 Å². The van der Waals surface area contributed by atoms with Crippen molar-refractivity contribution in [2.24, 2.45) is 11.3 Å². The number of nitrogens with one attached hydrogen (secondary N) is 1. The van der Waals surface area contributed by atoms with E-state index in [0.717, 1.165) is 32.5 Å². The van der Waals surface area contributed by atoms with Crippen LogP contribution in [0.4, 0.5) is 13.6 Å². The first-order chi connectivity index (χ1) is 15.3. The second-order valence-corrected chi connectivity index (χ2v) is 9.81. The first-order valence-corrected chi connectivity index (χ1v) is 11.2. The standard InChI is InChI=1S/C25H28F2N2O3/c1-25(2)14-31-21-12-18(15-3-5-17(26)6-4-15)20(27)11-19(21)23(25)28-24(30)32-22-13-29-9-7-16(22)8-10-29/h3-6,11-12,16,22-23H,7-10,13-14H2,1-2H3,(H,28,30). The molecule has 4 heterocycles. The molecular weight excluding hydrogens is 414 g/mol. The van der Waals surface area contributed by atoms with Gasteiger partial charge in [0, 0.05) is 23.1 Å². The summed E-state index contributed by atoms with van der Waals surface area (Å²) in [6, 6.07) is 8.24. The van der Waals surface area contributed by atoms with Crippen molar-refractivity contribution < 1.29 is 23.0 Å². The second kappa shape index (κ2) is 8.03. The maximum Gasteiger partial charge on any atom is 0.407 e. The van der Waals surface area contributed by atoms with Crippen LogP contribution in [-0.2, 0) is 4.74 Å². The first-order valence-electron chi connectivity index (χ1n) is 11.2. The third-order valence-corrected chi connectivity index (χ3v) is 7.06. The minimum absolute atomic E-state index is 0.0995. The Morgan fingerprint density at radius 2 is 1.88 bits per heavy atom. The van der Waals surface area contributed by atoms with Crippen LogP contribution in [0.2, 0.25) is 0 Å². The van der Waals surface area contributed by atoms with Crippen molar-refractivity contribution in [3.05, 3.63) is 53.6 Å². The highest BCUT2D eigenvalue weighted by Gasteiger charge is 2.41. The van der Waals surface area contributed by atoms with Crippen LogP contribution in [0.25, 0.3) is 11.1 Å². The normalized spacial score (nSPS) is 27.9. The number of halogens is 2. The minimum Gasteiger partial charge on any atom is -0.493 e.